The Morgan fingerprint density at radius 3 is 1.94 bits per heavy atom. The van der Waals surface area contributed by atoms with Crippen molar-refractivity contribution in [3.8, 4) is 33.9 Å². The Labute approximate surface area is 187 Å². The van der Waals surface area contributed by atoms with Crippen LogP contribution in [0.5, 0.6) is 11.5 Å². The standard InChI is InChI=1S/C25H28N2O5/c1-6-32-25(29)22-21(17-7-11-19(30-4)12-8-17)23(18-9-13-20(31-5)14-10-18)26-27(24(22)28)15-16(2)3/h7-14,16H,6,15H2,1-5H3. The van der Waals surface area contributed by atoms with Gasteiger partial charge in [-0.3, -0.25) is 4.79 Å². The molecule has 7 heteroatoms. The highest BCUT2D eigenvalue weighted by atomic mass is 16.5. The highest BCUT2D eigenvalue weighted by Gasteiger charge is 2.26. The number of nitrogens with zero attached hydrogens (tertiary/aromatic N) is 2. The Balaban J connectivity index is 2.37. The summed E-state index contributed by atoms with van der Waals surface area (Å²) in [6, 6.07) is 14.5. The Hall–Kier alpha value is -3.61. The third-order valence-corrected chi connectivity index (χ3v) is 4.92. The van der Waals surface area contributed by atoms with Gasteiger partial charge in [0.1, 0.15) is 17.1 Å². The van der Waals surface area contributed by atoms with Crippen LogP contribution in [-0.2, 0) is 11.3 Å². The summed E-state index contributed by atoms with van der Waals surface area (Å²) >= 11 is 0. The Kier molecular flexibility index (Phi) is 7.30. The number of carbonyl (C=O) groups is 1. The van der Waals surface area contributed by atoms with E-state index in [1.54, 1.807) is 45.4 Å². The molecule has 2 aromatic carbocycles. The van der Waals surface area contributed by atoms with Crippen molar-refractivity contribution in [2.75, 3.05) is 20.8 Å². The van der Waals surface area contributed by atoms with Crippen molar-refractivity contribution in [2.45, 2.75) is 27.3 Å². The van der Waals surface area contributed by atoms with Crippen LogP contribution in [0.4, 0.5) is 0 Å². The van der Waals surface area contributed by atoms with Crippen LogP contribution < -0.4 is 15.0 Å². The molecule has 0 amide bonds. The first-order valence-electron chi connectivity index (χ1n) is 10.5. The summed E-state index contributed by atoms with van der Waals surface area (Å²) in [5.41, 5.74) is 1.86. The molecule has 7 nitrogen and oxygen atoms in total. The van der Waals surface area contributed by atoms with Gasteiger partial charge in [0.15, 0.2) is 0 Å². The first kappa shape index (κ1) is 23.1. The molecule has 0 saturated carbocycles. The number of aromatic nitrogens is 2. The molecule has 0 radical (unpaired) electrons. The first-order chi connectivity index (χ1) is 15.4. The maximum Gasteiger partial charge on any atom is 0.344 e. The number of benzene rings is 2. The minimum Gasteiger partial charge on any atom is -0.497 e. The lowest BCUT2D eigenvalue weighted by Gasteiger charge is -2.18. The van der Waals surface area contributed by atoms with Gasteiger partial charge >= 0.3 is 5.97 Å². The van der Waals surface area contributed by atoms with E-state index in [1.807, 2.05) is 38.1 Å². The van der Waals surface area contributed by atoms with Crippen LogP contribution in [0, 0.1) is 5.92 Å². The smallest absolute Gasteiger partial charge is 0.344 e. The highest BCUT2D eigenvalue weighted by molar-refractivity contribution is 6.00. The zero-order valence-corrected chi connectivity index (χ0v) is 19.0. The number of hydrogen-bond acceptors (Lipinski definition) is 6. The SMILES string of the molecule is CCOC(=O)c1c(-c2ccc(OC)cc2)c(-c2ccc(OC)cc2)nn(CC(C)C)c1=O. The second-order valence-electron chi connectivity index (χ2n) is 7.66. The van der Waals surface area contributed by atoms with E-state index in [1.165, 1.54) is 4.68 Å². The Morgan fingerprint density at radius 2 is 1.47 bits per heavy atom. The second kappa shape index (κ2) is 10.1. The second-order valence-corrected chi connectivity index (χ2v) is 7.66. The summed E-state index contributed by atoms with van der Waals surface area (Å²) in [5, 5.41) is 4.68. The van der Waals surface area contributed by atoms with Gasteiger partial charge < -0.3 is 14.2 Å². The van der Waals surface area contributed by atoms with E-state index < -0.39 is 11.5 Å². The van der Waals surface area contributed by atoms with Gasteiger partial charge in [-0.2, -0.15) is 5.10 Å². The summed E-state index contributed by atoms with van der Waals surface area (Å²) in [4.78, 5) is 26.4. The molecular weight excluding hydrogens is 408 g/mol. The molecule has 0 aliphatic rings. The number of rotatable bonds is 8. The molecule has 168 valence electrons. The largest absolute Gasteiger partial charge is 0.497 e. The van der Waals surface area contributed by atoms with Crippen LogP contribution in [0.15, 0.2) is 53.3 Å². The number of carbonyl (C=O) groups excluding carboxylic acids is 1. The highest BCUT2D eigenvalue weighted by Crippen LogP contribution is 2.34. The monoisotopic (exact) mass is 436 g/mol. The molecule has 0 aliphatic heterocycles. The van der Waals surface area contributed by atoms with Gasteiger partial charge in [-0.25, -0.2) is 9.48 Å². The zero-order valence-electron chi connectivity index (χ0n) is 19.0. The van der Waals surface area contributed by atoms with E-state index in [2.05, 4.69) is 5.10 Å². The fraction of sp³-hybridized carbons (Fsp3) is 0.320. The summed E-state index contributed by atoms with van der Waals surface area (Å²) < 4.78 is 17.2. The molecule has 0 bridgehead atoms. The van der Waals surface area contributed by atoms with Gasteiger partial charge in [0.25, 0.3) is 5.56 Å². The lowest BCUT2D eigenvalue weighted by Crippen LogP contribution is -2.32. The summed E-state index contributed by atoms with van der Waals surface area (Å²) in [6.07, 6.45) is 0. The van der Waals surface area contributed by atoms with Crippen LogP contribution in [-0.4, -0.2) is 36.6 Å². The number of hydrogen-bond donors (Lipinski definition) is 0. The quantitative estimate of drug-likeness (QED) is 0.486. The molecule has 0 aliphatic carbocycles. The molecule has 32 heavy (non-hydrogen) atoms. The van der Waals surface area contributed by atoms with Crippen molar-refractivity contribution in [2.24, 2.45) is 5.92 Å². The van der Waals surface area contributed by atoms with E-state index in [0.29, 0.717) is 34.9 Å². The maximum atomic E-state index is 13.4. The number of methoxy groups -OCH3 is 2. The fourth-order valence-electron chi connectivity index (χ4n) is 3.42. The topological polar surface area (TPSA) is 79.7 Å². The molecule has 0 atom stereocenters. The van der Waals surface area contributed by atoms with E-state index in [0.717, 1.165) is 5.56 Å². The van der Waals surface area contributed by atoms with Crippen molar-refractivity contribution in [3.05, 3.63) is 64.4 Å². The van der Waals surface area contributed by atoms with Crippen molar-refractivity contribution in [3.63, 3.8) is 0 Å². The first-order valence-corrected chi connectivity index (χ1v) is 10.5. The minimum absolute atomic E-state index is 0.0292. The molecule has 1 aromatic heterocycles. The van der Waals surface area contributed by atoms with Gasteiger partial charge in [0.05, 0.1) is 26.5 Å². The fourth-order valence-corrected chi connectivity index (χ4v) is 3.42. The normalized spacial score (nSPS) is 10.8. The lowest BCUT2D eigenvalue weighted by molar-refractivity contribution is 0.0524. The molecule has 0 N–H and O–H groups in total. The summed E-state index contributed by atoms with van der Waals surface area (Å²) in [6.45, 7) is 6.22. The number of esters is 1. The van der Waals surface area contributed by atoms with Crippen molar-refractivity contribution >= 4 is 5.97 Å². The maximum absolute atomic E-state index is 13.4. The van der Waals surface area contributed by atoms with Crippen molar-refractivity contribution in [1.82, 2.24) is 9.78 Å². The molecular formula is C25H28N2O5. The Morgan fingerprint density at radius 1 is 0.938 bits per heavy atom. The molecule has 0 saturated heterocycles. The van der Waals surface area contributed by atoms with Gasteiger partial charge in [-0.1, -0.05) is 26.0 Å². The molecule has 1 heterocycles. The third-order valence-electron chi connectivity index (χ3n) is 4.92. The molecule has 3 aromatic rings. The average Bonchev–Trinajstić information content (AvgIpc) is 2.80. The molecule has 0 spiro atoms. The molecule has 0 fully saturated rings. The van der Waals surface area contributed by atoms with Crippen molar-refractivity contribution in [1.29, 1.82) is 0 Å². The average molecular weight is 437 g/mol. The van der Waals surface area contributed by atoms with Gasteiger partial charge in [-0.05, 0) is 54.8 Å². The summed E-state index contributed by atoms with van der Waals surface area (Å²) in [5.74, 6) is 0.850. The van der Waals surface area contributed by atoms with E-state index >= 15 is 0 Å². The van der Waals surface area contributed by atoms with Crippen LogP contribution in [0.3, 0.4) is 0 Å². The van der Waals surface area contributed by atoms with Crippen molar-refractivity contribution < 1.29 is 19.0 Å². The zero-order chi connectivity index (χ0) is 23.3. The molecule has 0 unspecified atom stereocenters. The van der Waals surface area contributed by atoms with Crippen LogP contribution >= 0.6 is 0 Å². The van der Waals surface area contributed by atoms with Crippen LogP contribution in [0.1, 0.15) is 31.1 Å². The molecule has 3 rings (SSSR count). The van der Waals surface area contributed by atoms with Gasteiger partial charge in [-0.15, -0.1) is 0 Å². The Bertz CT molecular complexity index is 1130. The van der Waals surface area contributed by atoms with Crippen LogP contribution in [0.25, 0.3) is 22.4 Å². The van der Waals surface area contributed by atoms with Crippen LogP contribution in [0.2, 0.25) is 0 Å². The summed E-state index contributed by atoms with van der Waals surface area (Å²) in [7, 11) is 3.17. The van der Waals surface area contributed by atoms with Gasteiger partial charge in [0.2, 0.25) is 0 Å². The van der Waals surface area contributed by atoms with E-state index in [4.69, 9.17) is 14.2 Å². The minimum atomic E-state index is -0.669. The van der Waals surface area contributed by atoms with E-state index in [-0.39, 0.29) is 18.1 Å². The predicted molar refractivity (Wildman–Crippen MR) is 123 cm³/mol. The lowest BCUT2D eigenvalue weighted by atomic mass is 9.95. The third kappa shape index (κ3) is 4.82. The number of ether oxygens (including phenoxy) is 3. The predicted octanol–water partition coefficient (Wildman–Crippen LogP) is 4.43. The van der Waals surface area contributed by atoms with E-state index in [9.17, 15) is 9.59 Å². The van der Waals surface area contributed by atoms with Gasteiger partial charge in [0, 0.05) is 17.7 Å².